The number of benzene rings is 2. The molecule has 2 aromatic rings. The number of hydrogen-bond acceptors (Lipinski definition) is 4. The summed E-state index contributed by atoms with van der Waals surface area (Å²) in [5.41, 5.74) is 1.56. The molecule has 1 saturated heterocycles. The van der Waals surface area contributed by atoms with E-state index < -0.39 is 11.9 Å². The Balaban J connectivity index is 1.62. The molecular formula is C19H19Cl3N4O2. The number of imide groups is 1. The first-order valence-corrected chi connectivity index (χ1v) is 9.77. The van der Waals surface area contributed by atoms with Crippen LogP contribution in [0.5, 0.6) is 0 Å². The third-order valence-electron chi connectivity index (χ3n) is 4.45. The first-order valence-electron chi connectivity index (χ1n) is 8.64. The van der Waals surface area contributed by atoms with Crippen molar-refractivity contribution < 1.29 is 9.59 Å². The van der Waals surface area contributed by atoms with Crippen LogP contribution in [0.25, 0.3) is 0 Å². The molecule has 1 aliphatic rings. The number of nitrogens with zero attached hydrogens (tertiary/aromatic N) is 2. The quantitative estimate of drug-likeness (QED) is 0.743. The third-order valence-corrected chi connectivity index (χ3v) is 5.30. The molecule has 0 spiro atoms. The largest absolute Gasteiger partial charge is 0.368 e. The molecule has 28 heavy (non-hydrogen) atoms. The average Bonchev–Trinajstić information content (AvgIpc) is 2.62. The molecule has 3 amide bonds. The lowest BCUT2D eigenvalue weighted by Gasteiger charge is -2.34. The Bertz CT molecular complexity index is 899. The van der Waals surface area contributed by atoms with Gasteiger partial charge in [0.05, 0.1) is 21.3 Å². The molecule has 6 nitrogen and oxygen atoms in total. The highest BCUT2D eigenvalue weighted by atomic mass is 35.5. The van der Waals surface area contributed by atoms with Gasteiger partial charge in [-0.2, -0.15) is 0 Å². The van der Waals surface area contributed by atoms with Gasteiger partial charge in [0.15, 0.2) is 0 Å². The first-order chi connectivity index (χ1) is 13.3. The Morgan fingerprint density at radius 2 is 1.64 bits per heavy atom. The summed E-state index contributed by atoms with van der Waals surface area (Å²) in [7, 11) is 2.09. The van der Waals surface area contributed by atoms with E-state index in [1.807, 2.05) is 6.07 Å². The van der Waals surface area contributed by atoms with Crippen molar-refractivity contribution in [1.29, 1.82) is 0 Å². The van der Waals surface area contributed by atoms with Crippen molar-refractivity contribution >= 4 is 58.1 Å². The number of rotatable bonds is 3. The first kappa shape index (κ1) is 20.7. The van der Waals surface area contributed by atoms with Crippen LogP contribution in [-0.4, -0.2) is 50.1 Å². The minimum Gasteiger partial charge on any atom is -0.368 e. The maximum Gasteiger partial charge on any atom is 0.326 e. The number of likely N-dealkylation sites (N-methyl/N-ethyl adjacent to an activating group) is 1. The van der Waals surface area contributed by atoms with Crippen LogP contribution in [0.15, 0.2) is 36.4 Å². The van der Waals surface area contributed by atoms with E-state index in [-0.39, 0.29) is 10.6 Å². The van der Waals surface area contributed by atoms with E-state index in [1.165, 1.54) is 18.2 Å². The van der Waals surface area contributed by atoms with Crippen LogP contribution >= 0.6 is 34.8 Å². The number of amides is 3. The van der Waals surface area contributed by atoms with Crippen molar-refractivity contribution in [3.8, 4) is 0 Å². The molecule has 3 rings (SSSR count). The Morgan fingerprint density at radius 3 is 2.29 bits per heavy atom. The maximum atomic E-state index is 12.2. The van der Waals surface area contributed by atoms with Crippen LogP contribution in [0.2, 0.25) is 15.1 Å². The minimum atomic E-state index is -0.681. The van der Waals surface area contributed by atoms with Crippen LogP contribution in [0.3, 0.4) is 0 Å². The molecule has 0 atom stereocenters. The fraction of sp³-hybridized carbons (Fsp3) is 0.263. The van der Waals surface area contributed by atoms with Crippen LogP contribution < -0.4 is 15.5 Å². The van der Waals surface area contributed by atoms with E-state index in [4.69, 9.17) is 34.8 Å². The second kappa shape index (κ2) is 9.01. The molecule has 2 N–H and O–H groups in total. The zero-order valence-electron chi connectivity index (χ0n) is 15.1. The fourth-order valence-electron chi connectivity index (χ4n) is 2.89. The molecule has 1 fully saturated rings. The zero-order valence-corrected chi connectivity index (χ0v) is 17.4. The van der Waals surface area contributed by atoms with Crippen molar-refractivity contribution in [3.05, 3.63) is 57.0 Å². The monoisotopic (exact) mass is 440 g/mol. The van der Waals surface area contributed by atoms with Crippen molar-refractivity contribution in [2.75, 3.05) is 43.4 Å². The maximum absolute atomic E-state index is 12.2. The van der Waals surface area contributed by atoms with E-state index in [0.29, 0.717) is 15.7 Å². The Kier molecular flexibility index (Phi) is 6.67. The van der Waals surface area contributed by atoms with E-state index in [0.717, 1.165) is 31.9 Å². The van der Waals surface area contributed by atoms with Gasteiger partial charge in [0.2, 0.25) is 0 Å². The molecular weight excluding hydrogens is 423 g/mol. The third kappa shape index (κ3) is 5.08. The average molecular weight is 442 g/mol. The van der Waals surface area contributed by atoms with Gasteiger partial charge in [-0.3, -0.25) is 10.1 Å². The summed E-state index contributed by atoms with van der Waals surface area (Å²) in [5.74, 6) is -0.626. The molecule has 1 heterocycles. The lowest BCUT2D eigenvalue weighted by atomic mass is 10.2. The van der Waals surface area contributed by atoms with Crippen LogP contribution in [-0.2, 0) is 0 Å². The van der Waals surface area contributed by atoms with Crippen LogP contribution in [0, 0.1) is 0 Å². The van der Waals surface area contributed by atoms with Gasteiger partial charge in [0.25, 0.3) is 5.91 Å². The number of nitrogens with one attached hydrogen (secondary N) is 2. The van der Waals surface area contributed by atoms with Gasteiger partial charge < -0.3 is 15.1 Å². The Morgan fingerprint density at radius 1 is 0.929 bits per heavy atom. The number of piperazine rings is 1. The van der Waals surface area contributed by atoms with Crippen molar-refractivity contribution in [3.63, 3.8) is 0 Å². The van der Waals surface area contributed by atoms with E-state index >= 15 is 0 Å². The van der Waals surface area contributed by atoms with Crippen molar-refractivity contribution in [2.24, 2.45) is 0 Å². The van der Waals surface area contributed by atoms with E-state index in [1.54, 1.807) is 12.1 Å². The van der Waals surface area contributed by atoms with E-state index in [2.05, 4.69) is 27.5 Å². The molecule has 0 aliphatic carbocycles. The van der Waals surface area contributed by atoms with E-state index in [9.17, 15) is 9.59 Å². The molecule has 2 aromatic carbocycles. The second-order valence-electron chi connectivity index (χ2n) is 6.49. The summed E-state index contributed by atoms with van der Waals surface area (Å²) in [6, 6.07) is 9.01. The number of halogens is 3. The number of hydrogen-bond donors (Lipinski definition) is 2. The fourth-order valence-corrected chi connectivity index (χ4v) is 3.69. The standard InChI is InChI=1S/C19H19Cl3N4O2/c1-25-6-8-26(9-7-25)17-5-3-13(11-16(17)22)23-19(28)24-18(27)14-4-2-12(20)10-15(14)21/h2-5,10-11H,6-9H2,1H3,(H2,23,24,27,28). The summed E-state index contributed by atoms with van der Waals surface area (Å²) in [4.78, 5) is 28.8. The van der Waals surface area contributed by atoms with Gasteiger partial charge in [0.1, 0.15) is 0 Å². The number of urea groups is 1. The number of carbonyl (C=O) groups is 2. The summed E-state index contributed by atoms with van der Waals surface area (Å²) in [5, 5.41) is 5.94. The number of anilines is 2. The van der Waals surface area contributed by atoms with Crippen molar-refractivity contribution in [2.45, 2.75) is 0 Å². The SMILES string of the molecule is CN1CCN(c2ccc(NC(=O)NC(=O)c3ccc(Cl)cc3Cl)cc2Cl)CC1. The highest BCUT2D eigenvalue weighted by molar-refractivity contribution is 6.37. The Hall–Kier alpha value is -1.99. The summed E-state index contributed by atoms with van der Waals surface area (Å²) >= 11 is 18.2. The molecule has 1 aliphatic heterocycles. The molecule has 9 heteroatoms. The van der Waals surface area contributed by atoms with Crippen LogP contribution in [0.1, 0.15) is 10.4 Å². The molecule has 148 valence electrons. The normalized spacial score (nSPS) is 14.6. The highest BCUT2D eigenvalue weighted by Crippen LogP contribution is 2.29. The van der Waals surface area contributed by atoms with Gasteiger partial charge in [-0.25, -0.2) is 4.79 Å². The summed E-state index contributed by atoms with van der Waals surface area (Å²) in [6.07, 6.45) is 0. The second-order valence-corrected chi connectivity index (χ2v) is 7.74. The summed E-state index contributed by atoms with van der Waals surface area (Å²) < 4.78 is 0. The predicted octanol–water partition coefficient (Wildman–Crippen LogP) is 4.36. The predicted molar refractivity (Wildman–Crippen MR) is 114 cm³/mol. The molecule has 0 saturated carbocycles. The molecule has 0 aromatic heterocycles. The highest BCUT2D eigenvalue weighted by Gasteiger charge is 2.18. The molecule has 0 bridgehead atoms. The minimum absolute atomic E-state index is 0.157. The van der Waals surface area contributed by atoms with Gasteiger partial charge in [-0.15, -0.1) is 0 Å². The van der Waals surface area contributed by atoms with Crippen LogP contribution in [0.4, 0.5) is 16.2 Å². The Labute approximate surface area is 178 Å². The lowest BCUT2D eigenvalue weighted by Crippen LogP contribution is -2.44. The summed E-state index contributed by atoms with van der Waals surface area (Å²) in [6.45, 7) is 3.71. The molecule has 0 unspecified atom stereocenters. The zero-order chi connectivity index (χ0) is 20.3. The topological polar surface area (TPSA) is 64.7 Å². The number of carbonyl (C=O) groups excluding carboxylic acids is 2. The van der Waals surface area contributed by atoms with Gasteiger partial charge in [-0.1, -0.05) is 34.8 Å². The van der Waals surface area contributed by atoms with Gasteiger partial charge in [-0.05, 0) is 43.4 Å². The smallest absolute Gasteiger partial charge is 0.326 e. The van der Waals surface area contributed by atoms with Crippen molar-refractivity contribution in [1.82, 2.24) is 10.2 Å². The lowest BCUT2D eigenvalue weighted by molar-refractivity contribution is 0.0967. The molecule has 0 radical (unpaired) electrons. The van der Waals surface area contributed by atoms with Gasteiger partial charge in [0, 0.05) is 36.9 Å². The van der Waals surface area contributed by atoms with Gasteiger partial charge >= 0.3 is 6.03 Å².